The van der Waals surface area contributed by atoms with Crippen molar-refractivity contribution in [2.75, 3.05) is 23.8 Å². The van der Waals surface area contributed by atoms with Crippen molar-refractivity contribution >= 4 is 28.7 Å². The average Bonchev–Trinajstić information content (AvgIpc) is 2.54. The summed E-state index contributed by atoms with van der Waals surface area (Å²) in [6, 6.07) is 10.0. The van der Waals surface area contributed by atoms with Crippen LogP contribution < -0.4 is 20.1 Å². The highest BCUT2D eigenvalue weighted by Gasteiger charge is 2.30. The van der Waals surface area contributed by atoms with Crippen LogP contribution in [-0.4, -0.2) is 18.3 Å². The maximum Gasteiger partial charge on any atom is 0.416 e. The molecule has 0 saturated carbocycles. The van der Waals surface area contributed by atoms with Crippen molar-refractivity contribution in [3.05, 3.63) is 48.0 Å². The molecule has 2 aromatic rings. The molecule has 1 aliphatic heterocycles. The molecule has 126 valence electrons. The van der Waals surface area contributed by atoms with Gasteiger partial charge in [-0.25, -0.2) is 0 Å². The standard InChI is InChI=1S/C16H13F3N2O2S/c17-16(18,19)10-2-1-3-11(8-10)20-15(24)21-12-4-5-13-14(9-12)23-7-6-22-13/h1-5,8-9H,6-7H2,(H2,20,21,24). The Balaban J connectivity index is 1.68. The minimum absolute atomic E-state index is 0.172. The maximum absolute atomic E-state index is 12.7. The third-order valence-electron chi connectivity index (χ3n) is 3.25. The molecule has 0 aromatic heterocycles. The molecule has 4 nitrogen and oxygen atoms in total. The fourth-order valence-corrected chi connectivity index (χ4v) is 2.42. The Labute approximate surface area is 141 Å². The van der Waals surface area contributed by atoms with Crippen molar-refractivity contribution in [1.82, 2.24) is 0 Å². The van der Waals surface area contributed by atoms with Gasteiger partial charge in [0.25, 0.3) is 0 Å². The first-order chi connectivity index (χ1) is 11.4. The van der Waals surface area contributed by atoms with Gasteiger partial charge in [0.2, 0.25) is 0 Å². The van der Waals surface area contributed by atoms with E-state index in [0.717, 1.165) is 12.1 Å². The van der Waals surface area contributed by atoms with E-state index in [0.29, 0.717) is 30.4 Å². The predicted molar refractivity (Wildman–Crippen MR) is 88.7 cm³/mol. The van der Waals surface area contributed by atoms with Crippen LogP contribution in [0.4, 0.5) is 24.5 Å². The van der Waals surface area contributed by atoms with Crippen molar-refractivity contribution in [3.63, 3.8) is 0 Å². The highest BCUT2D eigenvalue weighted by molar-refractivity contribution is 7.80. The van der Waals surface area contributed by atoms with E-state index in [-0.39, 0.29) is 10.8 Å². The number of halogens is 3. The van der Waals surface area contributed by atoms with Gasteiger partial charge in [-0.1, -0.05) is 6.07 Å². The Morgan fingerprint density at radius 2 is 1.58 bits per heavy atom. The largest absolute Gasteiger partial charge is 0.486 e. The molecule has 0 spiro atoms. The molecule has 0 aliphatic carbocycles. The smallest absolute Gasteiger partial charge is 0.416 e. The number of benzene rings is 2. The van der Waals surface area contributed by atoms with Crippen molar-refractivity contribution < 1.29 is 22.6 Å². The van der Waals surface area contributed by atoms with E-state index in [1.54, 1.807) is 18.2 Å². The SMILES string of the molecule is FC(F)(F)c1cccc(NC(=S)Nc2ccc3c(c2)OCCO3)c1. The molecular weight excluding hydrogens is 341 g/mol. The van der Waals surface area contributed by atoms with Crippen LogP contribution in [0.25, 0.3) is 0 Å². The summed E-state index contributed by atoms with van der Waals surface area (Å²) in [7, 11) is 0. The molecule has 0 bridgehead atoms. The molecule has 1 aliphatic rings. The van der Waals surface area contributed by atoms with E-state index < -0.39 is 11.7 Å². The molecule has 1 heterocycles. The zero-order valence-electron chi connectivity index (χ0n) is 12.3. The fraction of sp³-hybridized carbons (Fsp3) is 0.188. The molecule has 2 aromatic carbocycles. The van der Waals surface area contributed by atoms with Crippen LogP contribution in [0.15, 0.2) is 42.5 Å². The second-order valence-corrected chi connectivity index (χ2v) is 5.42. The third kappa shape index (κ3) is 3.88. The van der Waals surface area contributed by atoms with Gasteiger partial charge in [0.15, 0.2) is 16.6 Å². The summed E-state index contributed by atoms with van der Waals surface area (Å²) in [4.78, 5) is 0. The first-order valence-electron chi connectivity index (χ1n) is 7.07. The summed E-state index contributed by atoms with van der Waals surface area (Å²) in [6.07, 6.45) is -4.40. The highest BCUT2D eigenvalue weighted by Crippen LogP contribution is 2.33. The Kier molecular flexibility index (Phi) is 4.48. The van der Waals surface area contributed by atoms with Crippen LogP contribution in [0, 0.1) is 0 Å². The molecule has 0 fully saturated rings. The number of hydrogen-bond acceptors (Lipinski definition) is 3. The summed E-state index contributed by atoms with van der Waals surface area (Å²) in [5.74, 6) is 1.23. The van der Waals surface area contributed by atoms with E-state index in [2.05, 4.69) is 10.6 Å². The summed E-state index contributed by atoms with van der Waals surface area (Å²) in [6.45, 7) is 0.957. The van der Waals surface area contributed by atoms with E-state index in [1.807, 2.05) is 0 Å². The van der Waals surface area contributed by atoms with Crippen LogP contribution in [0.1, 0.15) is 5.56 Å². The van der Waals surface area contributed by atoms with Crippen LogP contribution in [0.3, 0.4) is 0 Å². The minimum atomic E-state index is -4.40. The normalized spacial score (nSPS) is 13.3. The number of hydrogen-bond donors (Lipinski definition) is 2. The van der Waals surface area contributed by atoms with Gasteiger partial charge in [0.05, 0.1) is 5.56 Å². The lowest BCUT2D eigenvalue weighted by Gasteiger charge is -2.19. The Hall–Kier alpha value is -2.48. The summed E-state index contributed by atoms with van der Waals surface area (Å²) in [5, 5.41) is 5.81. The average molecular weight is 354 g/mol. The van der Waals surface area contributed by atoms with E-state index in [4.69, 9.17) is 21.7 Å². The second-order valence-electron chi connectivity index (χ2n) is 5.02. The summed E-state index contributed by atoms with van der Waals surface area (Å²) in [5.41, 5.74) is 0.151. The maximum atomic E-state index is 12.7. The fourth-order valence-electron chi connectivity index (χ4n) is 2.19. The zero-order chi connectivity index (χ0) is 17.2. The van der Waals surface area contributed by atoms with Crippen LogP contribution in [-0.2, 0) is 6.18 Å². The number of ether oxygens (including phenoxy) is 2. The first kappa shape index (κ1) is 16.4. The van der Waals surface area contributed by atoms with Crippen LogP contribution in [0.2, 0.25) is 0 Å². The molecule has 0 radical (unpaired) electrons. The lowest BCUT2D eigenvalue weighted by Crippen LogP contribution is -2.20. The van der Waals surface area contributed by atoms with Gasteiger partial charge in [0, 0.05) is 17.4 Å². The van der Waals surface area contributed by atoms with Gasteiger partial charge < -0.3 is 20.1 Å². The van der Waals surface area contributed by atoms with Crippen molar-refractivity contribution in [2.45, 2.75) is 6.18 Å². The molecular formula is C16H13F3N2O2S. The predicted octanol–water partition coefficient (Wildman–Crippen LogP) is 4.29. The third-order valence-corrected chi connectivity index (χ3v) is 3.45. The van der Waals surface area contributed by atoms with Crippen molar-refractivity contribution in [3.8, 4) is 11.5 Å². The van der Waals surface area contributed by atoms with E-state index >= 15 is 0 Å². The summed E-state index contributed by atoms with van der Waals surface area (Å²) < 4.78 is 49.0. The first-order valence-corrected chi connectivity index (χ1v) is 7.47. The zero-order valence-corrected chi connectivity index (χ0v) is 13.1. The number of alkyl halides is 3. The van der Waals surface area contributed by atoms with Gasteiger partial charge in [-0.3, -0.25) is 0 Å². The molecule has 0 amide bonds. The van der Waals surface area contributed by atoms with Gasteiger partial charge in [0.1, 0.15) is 13.2 Å². The molecule has 24 heavy (non-hydrogen) atoms. The second kappa shape index (κ2) is 6.56. The minimum Gasteiger partial charge on any atom is -0.486 e. The Morgan fingerprint density at radius 1 is 0.917 bits per heavy atom. The Morgan fingerprint density at radius 3 is 2.29 bits per heavy atom. The van der Waals surface area contributed by atoms with E-state index in [1.165, 1.54) is 12.1 Å². The Bertz CT molecular complexity index is 765. The number of thiocarbonyl (C=S) groups is 1. The molecule has 8 heteroatoms. The quantitative estimate of drug-likeness (QED) is 0.788. The molecule has 2 N–H and O–H groups in total. The summed E-state index contributed by atoms with van der Waals surface area (Å²) >= 11 is 5.13. The van der Waals surface area contributed by atoms with Crippen LogP contribution >= 0.6 is 12.2 Å². The van der Waals surface area contributed by atoms with Crippen molar-refractivity contribution in [2.24, 2.45) is 0 Å². The molecule has 0 unspecified atom stereocenters. The highest BCUT2D eigenvalue weighted by atomic mass is 32.1. The number of rotatable bonds is 2. The van der Waals surface area contributed by atoms with Gasteiger partial charge in [-0.2, -0.15) is 13.2 Å². The monoisotopic (exact) mass is 354 g/mol. The topological polar surface area (TPSA) is 42.5 Å². The molecule has 3 rings (SSSR count). The molecule has 0 atom stereocenters. The van der Waals surface area contributed by atoms with Gasteiger partial charge in [-0.05, 0) is 42.5 Å². The van der Waals surface area contributed by atoms with Crippen LogP contribution in [0.5, 0.6) is 11.5 Å². The van der Waals surface area contributed by atoms with Gasteiger partial charge in [-0.15, -0.1) is 0 Å². The number of anilines is 2. The van der Waals surface area contributed by atoms with E-state index in [9.17, 15) is 13.2 Å². The number of nitrogens with one attached hydrogen (secondary N) is 2. The lowest BCUT2D eigenvalue weighted by atomic mass is 10.2. The number of fused-ring (bicyclic) bond motifs is 1. The van der Waals surface area contributed by atoms with Gasteiger partial charge >= 0.3 is 6.18 Å². The van der Waals surface area contributed by atoms with Crippen molar-refractivity contribution in [1.29, 1.82) is 0 Å². The molecule has 0 saturated heterocycles. The lowest BCUT2D eigenvalue weighted by molar-refractivity contribution is -0.137.